The van der Waals surface area contributed by atoms with Crippen LogP contribution in [0.2, 0.25) is 0 Å². The number of hydrogen-bond donors (Lipinski definition) is 5. The first-order valence-corrected chi connectivity index (χ1v) is 5.20. The first-order valence-electron chi connectivity index (χ1n) is 5.20. The third kappa shape index (κ3) is 1.81. The van der Waals surface area contributed by atoms with Crippen molar-refractivity contribution in [2.45, 2.75) is 25.5 Å². The molecule has 0 radical (unpaired) electrons. The van der Waals surface area contributed by atoms with Crippen LogP contribution in [0.4, 0.5) is 17.5 Å². The highest BCUT2D eigenvalue weighted by Gasteiger charge is 2.25. The number of anilines is 3. The van der Waals surface area contributed by atoms with Crippen LogP contribution in [0.5, 0.6) is 0 Å². The number of hydrogen-bond acceptors (Lipinski definition) is 6. The fourth-order valence-corrected chi connectivity index (χ4v) is 1.71. The lowest BCUT2D eigenvalue weighted by atomic mass is 10.1. The molecule has 6 N–H and O–H groups in total. The lowest BCUT2D eigenvalue weighted by Gasteiger charge is -2.29. The summed E-state index contributed by atoms with van der Waals surface area (Å²) in [5.41, 5.74) is 5.42. The lowest BCUT2D eigenvalue weighted by molar-refractivity contribution is 0.151. The minimum atomic E-state index is -0.502. The summed E-state index contributed by atoms with van der Waals surface area (Å²) in [5, 5.41) is 15.6. The maximum absolute atomic E-state index is 11.6. The molecule has 0 saturated heterocycles. The third-order valence-corrected chi connectivity index (χ3v) is 2.64. The molecule has 88 valence electrons. The normalized spacial score (nSPS) is 20.5. The van der Waals surface area contributed by atoms with Crippen molar-refractivity contribution in [2.75, 3.05) is 22.9 Å². The van der Waals surface area contributed by atoms with Gasteiger partial charge in [0.05, 0.1) is 12.1 Å². The number of nitrogens with one attached hydrogen (secondary N) is 3. The molecule has 1 aromatic rings. The molecule has 0 aliphatic carbocycles. The van der Waals surface area contributed by atoms with E-state index in [2.05, 4.69) is 20.6 Å². The Morgan fingerprint density at radius 3 is 3.12 bits per heavy atom. The third-order valence-electron chi connectivity index (χ3n) is 2.64. The topological polar surface area (TPSA) is 116 Å². The van der Waals surface area contributed by atoms with Crippen molar-refractivity contribution in [1.29, 1.82) is 0 Å². The molecule has 7 heteroatoms. The number of H-pyrrole nitrogens is 1. The van der Waals surface area contributed by atoms with Crippen LogP contribution in [-0.4, -0.2) is 33.8 Å². The van der Waals surface area contributed by atoms with Crippen LogP contribution in [0.25, 0.3) is 0 Å². The zero-order chi connectivity index (χ0) is 11.7. The van der Waals surface area contributed by atoms with Gasteiger partial charge in [0.15, 0.2) is 5.82 Å². The summed E-state index contributed by atoms with van der Waals surface area (Å²) in [6.45, 7) is 2.39. The number of nitrogens with zero attached hydrogens (tertiary/aromatic N) is 1. The zero-order valence-corrected chi connectivity index (χ0v) is 8.95. The molecule has 2 atom stereocenters. The van der Waals surface area contributed by atoms with E-state index in [0.717, 1.165) is 0 Å². The monoisotopic (exact) mass is 225 g/mol. The molecule has 1 aliphatic rings. The number of fused-ring (bicyclic) bond motifs is 1. The Labute approximate surface area is 92.1 Å². The smallest absolute Gasteiger partial charge is 0.277 e. The van der Waals surface area contributed by atoms with E-state index >= 15 is 0 Å². The number of aliphatic hydroxyl groups excluding tert-OH is 1. The molecule has 0 saturated carbocycles. The van der Waals surface area contributed by atoms with E-state index in [1.807, 2.05) is 6.92 Å². The van der Waals surface area contributed by atoms with Crippen LogP contribution in [0, 0.1) is 0 Å². The Bertz CT molecular complexity index is 444. The van der Waals surface area contributed by atoms with E-state index in [9.17, 15) is 9.90 Å². The van der Waals surface area contributed by atoms with E-state index in [1.54, 1.807) is 0 Å². The highest BCUT2D eigenvalue weighted by Crippen LogP contribution is 2.21. The largest absolute Gasteiger partial charge is 0.391 e. The van der Waals surface area contributed by atoms with Gasteiger partial charge in [-0.05, 0) is 6.42 Å². The van der Waals surface area contributed by atoms with E-state index in [1.165, 1.54) is 0 Å². The van der Waals surface area contributed by atoms with E-state index in [0.29, 0.717) is 24.5 Å². The van der Waals surface area contributed by atoms with Crippen molar-refractivity contribution in [3.63, 3.8) is 0 Å². The second-order valence-electron chi connectivity index (χ2n) is 3.78. The number of aromatic nitrogens is 2. The second-order valence-corrected chi connectivity index (χ2v) is 3.78. The van der Waals surface area contributed by atoms with Crippen LogP contribution in [0.15, 0.2) is 4.79 Å². The molecule has 2 rings (SSSR count). The molecule has 16 heavy (non-hydrogen) atoms. The average Bonchev–Trinajstić information content (AvgIpc) is 2.27. The zero-order valence-electron chi connectivity index (χ0n) is 8.95. The van der Waals surface area contributed by atoms with Gasteiger partial charge in [-0.2, -0.15) is 4.98 Å². The molecule has 0 amide bonds. The van der Waals surface area contributed by atoms with E-state index in [4.69, 9.17) is 5.73 Å². The summed E-state index contributed by atoms with van der Waals surface area (Å²) in [7, 11) is 0. The Morgan fingerprint density at radius 1 is 1.69 bits per heavy atom. The first kappa shape index (κ1) is 10.7. The molecule has 7 nitrogen and oxygen atoms in total. The number of aliphatic hydroxyl groups is 1. The van der Waals surface area contributed by atoms with Gasteiger partial charge in [-0.25, -0.2) is 0 Å². The highest BCUT2D eigenvalue weighted by atomic mass is 16.3. The van der Waals surface area contributed by atoms with Crippen LogP contribution >= 0.6 is 0 Å². The van der Waals surface area contributed by atoms with Crippen molar-refractivity contribution >= 4 is 17.5 Å². The number of rotatable bonds is 2. The fraction of sp³-hybridized carbons (Fsp3) is 0.556. The predicted octanol–water partition coefficient (Wildman–Crippen LogP) is -0.671. The number of nitrogens with two attached hydrogens (primary N) is 1. The molecule has 1 aromatic heterocycles. The van der Waals surface area contributed by atoms with Crippen LogP contribution < -0.4 is 21.9 Å². The van der Waals surface area contributed by atoms with Crippen molar-refractivity contribution < 1.29 is 5.11 Å². The van der Waals surface area contributed by atoms with Crippen LogP contribution in [0.1, 0.15) is 13.3 Å². The first-order chi connectivity index (χ1) is 7.61. The summed E-state index contributed by atoms with van der Waals surface area (Å²) in [5.74, 6) is 0.508. The van der Waals surface area contributed by atoms with Crippen LogP contribution in [-0.2, 0) is 0 Å². The molecule has 0 bridgehead atoms. The minimum Gasteiger partial charge on any atom is -0.391 e. The summed E-state index contributed by atoms with van der Waals surface area (Å²) in [4.78, 5) is 17.9. The van der Waals surface area contributed by atoms with Gasteiger partial charge >= 0.3 is 0 Å². The van der Waals surface area contributed by atoms with Crippen molar-refractivity contribution in [2.24, 2.45) is 0 Å². The molecule has 2 heterocycles. The second kappa shape index (κ2) is 4.01. The number of nitrogen functional groups attached to an aromatic ring is 1. The van der Waals surface area contributed by atoms with Gasteiger partial charge in [0, 0.05) is 6.54 Å². The highest BCUT2D eigenvalue weighted by molar-refractivity contribution is 5.67. The van der Waals surface area contributed by atoms with Gasteiger partial charge in [-0.1, -0.05) is 6.92 Å². The maximum Gasteiger partial charge on any atom is 0.277 e. The molecular weight excluding hydrogens is 210 g/mol. The quantitative estimate of drug-likeness (QED) is 0.456. The van der Waals surface area contributed by atoms with Gasteiger partial charge in [0.25, 0.3) is 5.56 Å². The molecule has 0 fully saturated rings. The summed E-state index contributed by atoms with van der Waals surface area (Å²) in [6.07, 6.45) is 0.118. The summed E-state index contributed by atoms with van der Waals surface area (Å²) < 4.78 is 0. The Kier molecular flexibility index (Phi) is 2.69. The van der Waals surface area contributed by atoms with Crippen molar-refractivity contribution in [3.05, 3.63) is 10.4 Å². The van der Waals surface area contributed by atoms with Gasteiger partial charge in [-0.3, -0.25) is 9.78 Å². The Hall–Kier alpha value is -1.76. The molecule has 0 spiro atoms. The lowest BCUT2D eigenvalue weighted by Crippen LogP contribution is -2.44. The van der Waals surface area contributed by atoms with Crippen LogP contribution in [0.3, 0.4) is 0 Å². The fourth-order valence-electron chi connectivity index (χ4n) is 1.71. The van der Waals surface area contributed by atoms with Gasteiger partial charge in [0.1, 0.15) is 5.69 Å². The molecule has 1 unspecified atom stereocenters. The molecule has 0 aromatic carbocycles. The van der Waals surface area contributed by atoms with Crippen molar-refractivity contribution in [1.82, 2.24) is 9.97 Å². The van der Waals surface area contributed by atoms with Gasteiger partial charge < -0.3 is 21.5 Å². The van der Waals surface area contributed by atoms with Gasteiger partial charge in [0.2, 0.25) is 5.95 Å². The predicted molar refractivity (Wildman–Crippen MR) is 61.5 cm³/mol. The van der Waals surface area contributed by atoms with Crippen molar-refractivity contribution in [3.8, 4) is 0 Å². The summed E-state index contributed by atoms with van der Waals surface area (Å²) >= 11 is 0. The maximum atomic E-state index is 11.6. The SMILES string of the molecule is CC[C@H](O)C1CNc2nc(N)[nH]c(=O)c2N1. The summed E-state index contributed by atoms with van der Waals surface area (Å²) in [6, 6.07) is -0.191. The van der Waals surface area contributed by atoms with E-state index in [-0.39, 0.29) is 17.5 Å². The molecular formula is C9H15N5O2. The number of aromatic amines is 1. The average molecular weight is 225 g/mol. The Balaban J connectivity index is 2.30. The molecule has 1 aliphatic heterocycles. The standard InChI is InChI=1S/C9H15N5O2/c1-2-5(15)4-3-11-7-6(12-4)8(16)14-9(10)13-7/h4-5,12,15H,2-3H2,1H3,(H4,10,11,13,14,16)/t4?,5-/m0/s1. The van der Waals surface area contributed by atoms with Gasteiger partial charge in [-0.15, -0.1) is 0 Å². The van der Waals surface area contributed by atoms with E-state index < -0.39 is 6.10 Å². The minimum absolute atomic E-state index is 0.0764. The Morgan fingerprint density at radius 2 is 2.44 bits per heavy atom.